The zero-order chi connectivity index (χ0) is 17.6. The summed E-state index contributed by atoms with van der Waals surface area (Å²) in [7, 11) is 1.56. The molecule has 1 amide bonds. The summed E-state index contributed by atoms with van der Waals surface area (Å²) < 4.78 is 10.6. The molecule has 2 heterocycles. The molecule has 132 valence electrons. The molecule has 1 saturated heterocycles. The van der Waals surface area contributed by atoms with Crippen LogP contribution >= 0.6 is 0 Å². The maximum Gasteiger partial charge on any atom is 0.255 e. The van der Waals surface area contributed by atoms with Gasteiger partial charge in [-0.15, -0.1) is 0 Å². The zero-order valence-corrected chi connectivity index (χ0v) is 14.6. The Hall–Kier alpha value is -2.44. The van der Waals surface area contributed by atoms with E-state index in [-0.39, 0.29) is 12.0 Å². The van der Waals surface area contributed by atoms with Gasteiger partial charge in [-0.3, -0.25) is 9.69 Å². The van der Waals surface area contributed by atoms with Crippen LogP contribution in [0.15, 0.2) is 42.6 Å². The molecule has 1 N–H and O–H groups in total. The van der Waals surface area contributed by atoms with Crippen molar-refractivity contribution >= 4 is 11.6 Å². The van der Waals surface area contributed by atoms with Gasteiger partial charge in [-0.1, -0.05) is 12.1 Å². The zero-order valence-electron chi connectivity index (χ0n) is 14.6. The van der Waals surface area contributed by atoms with E-state index in [1.807, 2.05) is 24.3 Å². The second-order valence-electron chi connectivity index (χ2n) is 6.16. The molecule has 1 aromatic carbocycles. The number of rotatable bonds is 5. The van der Waals surface area contributed by atoms with Crippen LogP contribution < -0.4 is 10.1 Å². The van der Waals surface area contributed by atoms with E-state index in [4.69, 9.17) is 9.47 Å². The van der Waals surface area contributed by atoms with Crippen LogP contribution in [0.4, 0.5) is 5.69 Å². The Morgan fingerprint density at radius 3 is 2.76 bits per heavy atom. The largest absolute Gasteiger partial charge is 0.481 e. The van der Waals surface area contributed by atoms with Crippen molar-refractivity contribution in [3.63, 3.8) is 0 Å². The van der Waals surface area contributed by atoms with Crippen molar-refractivity contribution in [1.29, 1.82) is 0 Å². The van der Waals surface area contributed by atoms with Gasteiger partial charge < -0.3 is 14.8 Å². The molecular weight excluding hydrogens is 318 g/mol. The summed E-state index contributed by atoms with van der Waals surface area (Å²) in [4.78, 5) is 18.8. The van der Waals surface area contributed by atoms with E-state index < -0.39 is 0 Å². The maximum absolute atomic E-state index is 12.3. The average molecular weight is 341 g/mol. The standard InChI is InChI=1S/C19H23N3O3/c1-14-12-22(9-10-25-14)13-15-3-5-16(6-4-15)19(23)21-17-7-8-18(24-2)20-11-17/h3-8,11,14H,9-10,12-13H2,1-2H3,(H,21,23)/t14-/m1/s1. The van der Waals surface area contributed by atoms with E-state index in [1.165, 1.54) is 5.56 Å². The minimum Gasteiger partial charge on any atom is -0.481 e. The number of amides is 1. The highest BCUT2D eigenvalue weighted by Crippen LogP contribution is 2.14. The lowest BCUT2D eigenvalue weighted by Crippen LogP contribution is -2.40. The molecular formula is C19H23N3O3. The number of carbonyl (C=O) groups excluding carboxylic acids is 1. The predicted molar refractivity (Wildman–Crippen MR) is 95.9 cm³/mol. The van der Waals surface area contributed by atoms with Gasteiger partial charge in [-0.2, -0.15) is 0 Å². The van der Waals surface area contributed by atoms with E-state index in [2.05, 4.69) is 22.1 Å². The van der Waals surface area contributed by atoms with Crippen molar-refractivity contribution < 1.29 is 14.3 Å². The Labute approximate surface area is 147 Å². The molecule has 1 atom stereocenters. The van der Waals surface area contributed by atoms with Crippen molar-refractivity contribution in [3.05, 3.63) is 53.7 Å². The van der Waals surface area contributed by atoms with Crippen molar-refractivity contribution in [2.24, 2.45) is 0 Å². The number of aromatic nitrogens is 1. The van der Waals surface area contributed by atoms with Crippen LogP contribution in [0.2, 0.25) is 0 Å². The molecule has 0 spiro atoms. The molecule has 6 nitrogen and oxygen atoms in total. The van der Waals surface area contributed by atoms with Gasteiger partial charge in [0.2, 0.25) is 5.88 Å². The van der Waals surface area contributed by atoms with Crippen LogP contribution in [0.3, 0.4) is 0 Å². The molecule has 25 heavy (non-hydrogen) atoms. The predicted octanol–water partition coefficient (Wildman–Crippen LogP) is 2.56. The van der Waals surface area contributed by atoms with Crippen molar-refractivity contribution in [1.82, 2.24) is 9.88 Å². The lowest BCUT2D eigenvalue weighted by atomic mass is 10.1. The molecule has 2 aromatic rings. The molecule has 0 aliphatic carbocycles. The molecule has 1 aliphatic heterocycles. The summed E-state index contributed by atoms with van der Waals surface area (Å²) in [5.41, 5.74) is 2.45. The lowest BCUT2D eigenvalue weighted by Gasteiger charge is -2.31. The summed E-state index contributed by atoms with van der Waals surface area (Å²) in [5.74, 6) is 0.360. The lowest BCUT2D eigenvalue weighted by molar-refractivity contribution is -0.0212. The van der Waals surface area contributed by atoms with Crippen LogP contribution in [0.1, 0.15) is 22.8 Å². The maximum atomic E-state index is 12.3. The highest BCUT2D eigenvalue weighted by Gasteiger charge is 2.16. The van der Waals surface area contributed by atoms with Gasteiger partial charge in [0.05, 0.1) is 31.7 Å². The molecule has 0 unspecified atom stereocenters. The number of nitrogens with one attached hydrogen (secondary N) is 1. The van der Waals surface area contributed by atoms with Crippen LogP contribution in [0.5, 0.6) is 5.88 Å². The Bertz CT molecular complexity index is 701. The highest BCUT2D eigenvalue weighted by molar-refractivity contribution is 6.04. The number of anilines is 1. The quantitative estimate of drug-likeness (QED) is 0.905. The fraction of sp³-hybridized carbons (Fsp3) is 0.368. The summed E-state index contributed by atoms with van der Waals surface area (Å²) in [6.07, 6.45) is 1.85. The topological polar surface area (TPSA) is 63.7 Å². The summed E-state index contributed by atoms with van der Waals surface area (Å²) in [6, 6.07) is 11.2. The number of ether oxygens (including phenoxy) is 2. The second-order valence-corrected chi connectivity index (χ2v) is 6.16. The van der Waals surface area contributed by atoms with Gasteiger partial charge in [-0.05, 0) is 30.7 Å². The van der Waals surface area contributed by atoms with Gasteiger partial charge >= 0.3 is 0 Å². The smallest absolute Gasteiger partial charge is 0.255 e. The first kappa shape index (κ1) is 17.4. The summed E-state index contributed by atoms with van der Waals surface area (Å²) in [6.45, 7) is 5.62. The van der Waals surface area contributed by atoms with Crippen molar-refractivity contribution in [2.45, 2.75) is 19.6 Å². The molecule has 1 aromatic heterocycles. The molecule has 1 aliphatic rings. The van der Waals surface area contributed by atoms with Crippen LogP contribution in [-0.4, -0.2) is 48.7 Å². The molecule has 3 rings (SSSR count). The van der Waals surface area contributed by atoms with E-state index in [0.29, 0.717) is 17.1 Å². The van der Waals surface area contributed by atoms with Crippen LogP contribution in [0, 0.1) is 0 Å². The van der Waals surface area contributed by atoms with E-state index in [9.17, 15) is 4.79 Å². The minimum absolute atomic E-state index is 0.154. The molecule has 1 fully saturated rings. The van der Waals surface area contributed by atoms with Gasteiger partial charge in [-0.25, -0.2) is 4.98 Å². The number of hydrogen-bond donors (Lipinski definition) is 1. The first-order chi connectivity index (χ1) is 12.1. The van der Waals surface area contributed by atoms with Crippen LogP contribution in [0.25, 0.3) is 0 Å². The van der Waals surface area contributed by atoms with E-state index in [1.54, 1.807) is 25.4 Å². The third-order valence-corrected chi connectivity index (χ3v) is 4.15. The monoisotopic (exact) mass is 341 g/mol. The SMILES string of the molecule is COc1ccc(NC(=O)c2ccc(CN3CCO[C@H](C)C3)cc2)cn1. The van der Waals surface area contributed by atoms with Gasteiger partial charge in [0.15, 0.2) is 0 Å². The summed E-state index contributed by atoms with van der Waals surface area (Å²) >= 11 is 0. The number of benzene rings is 1. The summed E-state index contributed by atoms with van der Waals surface area (Å²) in [5, 5.41) is 2.83. The highest BCUT2D eigenvalue weighted by atomic mass is 16.5. The third kappa shape index (κ3) is 4.78. The fourth-order valence-corrected chi connectivity index (χ4v) is 2.83. The van der Waals surface area contributed by atoms with Crippen molar-refractivity contribution in [2.75, 3.05) is 32.1 Å². The number of morpholine rings is 1. The molecule has 0 bridgehead atoms. The van der Waals surface area contributed by atoms with Crippen LogP contribution in [-0.2, 0) is 11.3 Å². The van der Waals surface area contributed by atoms with Gasteiger partial charge in [0.1, 0.15) is 0 Å². The van der Waals surface area contributed by atoms with Gasteiger partial charge in [0.25, 0.3) is 5.91 Å². The van der Waals surface area contributed by atoms with Gasteiger partial charge in [0, 0.05) is 31.3 Å². The average Bonchev–Trinajstić information content (AvgIpc) is 2.63. The Morgan fingerprint density at radius 1 is 1.32 bits per heavy atom. The fourth-order valence-electron chi connectivity index (χ4n) is 2.83. The first-order valence-corrected chi connectivity index (χ1v) is 8.38. The molecule has 0 radical (unpaired) electrons. The third-order valence-electron chi connectivity index (χ3n) is 4.15. The number of nitrogens with zero attached hydrogens (tertiary/aromatic N) is 2. The number of pyridine rings is 1. The minimum atomic E-state index is -0.154. The first-order valence-electron chi connectivity index (χ1n) is 8.38. The normalized spacial score (nSPS) is 17.9. The number of carbonyl (C=O) groups is 1. The number of methoxy groups -OCH3 is 1. The molecule has 6 heteroatoms. The Kier molecular flexibility index (Phi) is 5.63. The van der Waals surface area contributed by atoms with Crippen molar-refractivity contribution in [3.8, 4) is 5.88 Å². The van der Waals surface area contributed by atoms with E-state index in [0.717, 1.165) is 26.2 Å². The Balaban J connectivity index is 1.58. The number of hydrogen-bond acceptors (Lipinski definition) is 5. The Morgan fingerprint density at radius 2 is 2.12 bits per heavy atom. The second kappa shape index (κ2) is 8.09. The molecule has 0 saturated carbocycles. The van der Waals surface area contributed by atoms with E-state index >= 15 is 0 Å².